The highest BCUT2D eigenvalue weighted by atomic mass is 31.2. The van der Waals surface area contributed by atoms with Crippen molar-refractivity contribution in [2.45, 2.75) is 161 Å². The van der Waals surface area contributed by atoms with E-state index in [9.17, 15) is 14.3 Å². The normalized spacial score (nSPS) is 14.4. The average Bonchev–Trinajstić information content (AvgIpc) is 3.19. The van der Waals surface area contributed by atoms with Crippen LogP contribution in [0, 0.1) is 0 Å². The Labute approximate surface area is 342 Å². The number of carbonyl (C=O) groups excluding carboxylic acids is 1. The topological polar surface area (TPSA) is 117 Å². The molecule has 0 aliphatic heterocycles. The molecule has 0 aromatic heterocycles. The van der Waals surface area contributed by atoms with Gasteiger partial charge in [0, 0.05) is 19.6 Å². The summed E-state index contributed by atoms with van der Waals surface area (Å²) in [6.45, 7) is 4.65. The molecule has 0 aliphatic rings. The molecule has 0 bridgehead atoms. The summed E-state index contributed by atoms with van der Waals surface area (Å²) >= 11 is 0. The summed E-state index contributed by atoms with van der Waals surface area (Å²) in [5.41, 5.74) is 5.36. The molecular weight excluding hydrogens is 721 g/mol. The molecule has 2 atom stereocenters. The maximum Gasteiger partial charge on any atom is 0.472 e. The molecule has 0 aliphatic carbocycles. The van der Waals surface area contributed by atoms with Gasteiger partial charge < -0.3 is 20.1 Å². The van der Waals surface area contributed by atoms with Crippen molar-refractivity contribution in [1.82, 2.24) is 0 Å². The molecule has 56 heavy (non-hydrogen) atoms. The van der Waals surface area contributed by atoms with Gasteiger partial charge in [-0.2, -0.15) is 0 Å². The minimum atomic E-state index is -4.29. The van der Waals surface area contributed by atoms with Gasteiger partial charge >= 0.3 is 13.8 Å². The third-order valence-corrected chi connectivity index (χ3v) is 9.45. The van der Waals surface area contributed by atoms with Crippen LogP contribution in [0.3, 0.4) is 0 Å². The van der Waals surface area contributed by atoms with E-state index in [1.807, 2.05) is 0 Å². The van der Waals surface area contributed by atoms with Gasteiger partial charge in [0.05, 0.1) is 19.8 Å². The van der Waals surface area contributed by atoms with Gasteiger partial charge in [-0.25, -0.2) is 4.57 Å². The molecule has 0 saturated heterocycles. The van der Waals surface area contributed by atoms with Crippen molar-refractivity contribution in [3.63, 3.8) is 0 Å². The van der Waals surface area contributed by atoms with Crippen LogP contribution in [0.25, 0.3) is 0 Å². The van der Waals surface area contributed by atoms with Crippen molar-refractivity contribution >= 4 is 13.8 Å². The van der Waals surface area contributed by atoms with E-state index in [1.54, 1.807) is 0 Å². The van der Waals surface area contributed by atoms with Crippen LogP contribution < -0.4 is 5.73 Å². The molecule has 0 amide bonds. The van der Waals surface area contributed by atoms with Gasteiger partial charge in [0.2, 0.25) is 0 Å². The van der Waals surface area contributed by atoms with E-state index in [1.165, 1.54) is 25.7 Å². The van der Waals surface area contributed by atoms with Crippen LogP contribution in [0.1, 0.15) is 155 Å². The predicted octanol–water partition coefficient (Wildman–Crippen LogP) is 13.1. The monoisotopic (exact) mass is 802 g/mol. The van der Waals surface area contributed by atoms with Crippen LogP contribution in [-0.2, 0) is 27.9 Å². The smallest absolute Gasteiger partial charge is 0.457 e. The first kappa shape index (κ1) is 53.4. The minimum Gasteiger partial charge on any atom is -0.457 e. The number of carbonyl (C=O) groups is 1. The first-order valence-corrected chi connectivity index (χ1v) is 23.2. The van der Waals surface area contributed by atoms with E-state index in [4.69, 9.17) is 24.3 Å². The van der Waals surface area contributed by atoms with Crippen molar-refractivity contribution in [2.75, 3.05) is 33.0 Å². The zero-order valence-electron chi connectivity index (χ0n) is 35.3. The Kier molecular flexibility index (Phi) is 41.5. The minimum absolute atomic E-state index is 0.0882. The number of hydrogen-bond donors (Lipinski definition) is 2. The van der Waals surface area contributed by atoms with Gasteiger partial charge in [0.1, 0.15) is 6.10 Å². The lowest BCUT2D eigenvalue weighted by molar-refractivity contribution is -0.154. The Balaban J connectivity index is 4.13. The van der Waals surface area contributed by atoms with Gasteiger partial charge in [-0.05, 0) is 89.9 Å². The van der Waals surface area contributed by atoms with Gasteiger partial charge in [-0.1, -0.05) is 156 Å². The Morgan fingerprint density at radius 1 is 0.554 bits per heavy atom. The molecule has 2 unspecified atom stereocenters. The Bertz CT molecular complexity index is 1170. The third kappa shape index (κ3) is 42.6. The van der Waals surface area contributed by atoms with Gasteiger partial charge in [0.25, 0.3) is 0 Å². The van der Waals surface area contributed by atoms with E-state index < -0.39 is 13.9 Å². The molecule has 0 aromatic carbocycles. The number of esters is 1. The number of allylic oxidation sites excluding steroid dienone is 16. The van der Waals surface area contributed by atoms with E-state index in [-0.39, 0.29) is 38.8 Å². The molecular formula is C47H80NO7P. The van der Waals surface area contributed by atoms with Crippen molar-refractivity contribution in [3.05, 3.63) is 97.2 Å². The van der Waals surface area contributed by atoms with Gasteiger partial charge in [-0.3, -0.25) is 13.8 Å². The van der Waals surface area contributed by atoms with Crippen molar-refractivity contribution in [3.8, 4) is 0 Å². The maximum atomic E-state index is 12.6. The molecule has 8 nitrogen and oxygen atoms in total. The molecule has 0 radical (unpaired) electrons. The van der Waals surface area contributed by atoms with Crippen LogP contribution in [0.15, 0.2) is 97.2 Å². The molecule has 9 heteroatoms. The lowest BCUT2D eigenvalue weighted by atomic mass is 10.1. The second-order valence-electron chi connectivity index (χ2n) is 13.8. The Hall–Kier alpha value is -2.58. The number of ether oxygens (including phenoxy) is 2. The second kappa shape index (κ2) is 43.5. The van der Waals surface area contributed by atoms with E-state index in [2.05, 4.69) is 111 Å². The molecule has 0 heterocycles. The SMILES string of the molecule is CC/C=C\C/C=C\C/C=C\C/C=C\C/C=C\C/C=C\CCCCCCC(=O)OC(COCCCCCCCC/C=C\C/C=C\CCC)COP(=O)(O)OCCN. The third-order valence-electron chi connectivity index (χ3n) is 8.47. The fraction of sp³-hybridized carbons (Fsp3) is 0.638. The maximum absolute atomic E-state index is 12.6. The van der Waals surface area contributed by atoms with Crippen molar-refractivity contribution in [2.24, 2.45) is 5.73 Å². The van der Waals surface area contributed by atoms with Crippen LogP contribution in [0.4, 0.5) is 0 Å². The van der Waals surface area contributed by atoms with Gasteiger partial charge in [-0.15, -0.1) is 0 Å². The molecule has 320 valence electrons. The van der Waals surface area contributed by atoms with Crippen molar-refractivity contribution in [1.29, 1.82) is 0 Å². The number of hydrogen-bond acceptors (Lipinski definition) is 7. The lowest BCUT2D eigenvalue weighted by Crippen LogP contribution is -2.28. The highest BCUT2D eigenvalue weighted by Crippen LogP contribution is 2.43. The summed E-state index contributed by atoms with van der Waals surface area (Å²) in [6, 6.07) is 0. The zero-order chi connectivity index (χ0) is 40.9. The summed E-state index contributed by atoms with van der Waals surface area (Å²) in [4.78, 5) is 22.5. The highest BCUT2D eigenvalue weighted by molar-refractivity contribution is 7.47. The highest BCUT2D eigenvalue weighted by Gasteiger charge is 2.25. The number of unbranched alkanes of at least 4 members (excludes halogenated alkanes) is 11. The van der Waals surface area contributed by atoms with E-state index >= 15 is 0 Å². The fourth-order valence-electron chi connectivity index (χ4n) is 5.33. The number of phosphoric acid groups is 1. The molecule has 0 fully saturated rings. The molecule has 0 spiro atoms. The Morgan fingerprint density at radius 2 is 1.00 bits per heavy atom. The summed E-state index contributed by atoms with van der Waals surface area (Å²) < 4.78 is 33.4. The molecule has 0 saturated carbocycles. The number of rotatable bonds is 40. The average molecular weight is 802 g/mol. The predicted molar refractivity (Wildman–Crippen MR) is 238 cm³/mol. The second-order valence-corrected chi connectivity index (χ2v) is 15.3. The van der Waals surface area contributed by atoms with Crippen LogP contribution in [0.5, 0.6) is 0 Å². The molecule has 0 rings (SSSR count). The largest absolute Gasteiger partial charge is 0.472 e. The van der Waals surface area contributed by atoms with Crippen LogP contribution in [-0.4, -0.2) is 49.9 Å². The van der Waals surface area contributed by atoms with Gasteiger partial charge in [0.15, 0.2) is 0 Å². The first-order chi connectivity index (χ1) is 27.4. The molecule has 3 N–H and O–H groups in total. The fourth-order valence-corrected chi connectivity index (χ4v) is 6.10. The zero-order valence-corrected chi connectivity index (χ0v) is 36.2. The summed E-state index contributed by atoms with van der Waals surface area (Å²) in [5, 5.41) is 0. The quantitative estimate of drug-likeness (QED) is 0.0272. The van der Waals surface area contributed by atoms with E-state index in [0.29, 0.717) is 6.61 Å². The number of phosphoric ester groups is 1. The summed E-state index contributed by atoms with van der Waals surface area (Å²) in [6.07, 6.45) is 57.1. The van der Waals surface area contributed by atoms with E-state index in [0.717, 1.165) is 109 Å². The molecule has 0 aromatic rings. The Morgan fingerprint density at radius 3 is 1.50 bits per heavy atom. The number of nitrogens with two attached hydrogens (primary N) is 1. The van der Waals surface area contributed by atoms with Crippen molar-refractivity contribution < 1.29 is 32.8 Å². The lowest BCUT2D eigenvalue weighted by Gasteiger charge is -2.20. The summed E-state index contributed by atoms with van der Waals surface area (Å²) in [5.74, 6) is -0.363. The first-order valence-electron chi connectivity index (χ1n) is 21.7. The van der Waals surface area contributed by atoms with Crippen LogP contribution >= 0.6 is 7.82 Å². The van der Waals surface area contributed by atoms with Crippen LogP contribution in [0.2, 0.25) is 0 Å². The summed E-state index contributed by atoms with van der Waals surface area (Å²) in [7, 11) is -4.29. The standard InChI is InChI=1S/C47H80NO7P/c1-3-5-7-9-11-13-15-17-19-20-21-22-23-24-25-26-27-28-30-32-34-36-38-40-47(49)55-46(45-54-56(50,51)53-43-41-48)44-52-42-39-37-35-33-31-29-18-16-14-12-10-8-6-4-2/h5,7-8,10-11,13-14,16-17,19,21-22,24-25,27-28,46H,3-4,6,9,12,15,18,20,23,26,29-45,48H2,1-2H3,(H,50,51)/b7-5-,10-8-,13-11-,16-14-,19-17-,22-21-,25-24-,28-27-.